The predicted octanol–water partition coefficient (Wildman–Crippen LogP) is 1.94. The van der Waals surface area contributed by atoms with Crippen LogP contribution in [0.3, 0.4) is 0 Å². The van der Waals surface area contributed by atoms with Gasteiger partial charge in [-0.15, -0.1) is 0 Å². The first-order valence-corrected chi connectivity index (χ1v) is 7.01. The molecule has 1 aliphatic heterocycles. The van der Waals surface area contributed by atoms with Crippen molar-refractivity contribution >= 4 is 11.6 Å². The molecule has 0 spiro atoms. The fraction of sp³-hybridized carbons (Fsp3) is 0.533. The summed E-state index contributed by atoms with van der Waals surface area (Å²) in [5.41, 5.74) is 12.6. The maximum absolute atomic E-state index is 14.3. The number of para-hydroxylation sites is 1. The summed E-state index contributed by atoms with van der Waals surface area (Å²) in [5.74, 6) is -0.843. The molecular weight excluding hydrogens is 257 g/mol. The normalized spacial score (nSPS) is 24.5. The monoisotopic (exact) mass is 279 g/mol. The summed E-state index contributed by atoms with van der Waals surface area (Å²) >= 11 is 0. The molecule has 0 radical (unpaired) electrons. The number of primary amides is 1. The van der Waals surface area contributed by atoms with Crippen LogP contribution in [0.25, 0.3) is 0 Å². The molecule has 0 bridgehead atoms. The van der Waals surface area contributed by atoms with Crippen LogP contribution in [0.15, 0.2) is 18.2 Å². The summed E-state index contributed by atoms with van der Waals surface area (Å²) in [4.78, 5) is 13.4. The number of carbonyl (C=O) groups excluding carboxylic acids is 1. The average Bonchev–Trinajstić information content (AvgIpc) is 2.39. The lowest BCUT2D eigenvalue weighted by molar-refractivity contribution is -0.122. The van der Waals surface area contributed by atoms with Gasteiger partial charge in [-0.1, -0.05) is 12.1 Å². The average molecular weight is 279 g/mol. The van der Waals surface area contributed by atoms with Crippen molar-refractivity contribution in [3.8, 4) is 0 Å². The van der Waals surface area contributed by atoms with E-state index in [0.29, 0.717) is 12.2 Å². The van der Waals surface area contributed by atoms with E-state index >= 15 is 0 Å². The van der Waals surface area contributed by atoms with E-state index in [2.05, 4.69) is 0 Å². The van der Waals surface area contributed by atoms with Crippen molar-refractivity contribution in [2.24, 2.45) is 17.4 Å². The Kier molecular flexibility index (Phi) is 4.28. The Labute approximate surface area is 118 Å². The van der Waals surface area contributed by atoms with E-state index in [9.17, 15) is 9.18 Å². The van der Waals surface area contributed by atoms with E-state index in [1.165, 1.54) is 6.07 Å². The molecule has 2 rings (SSSR count). The minimum Gasteiger partial charge on any atom is -0.369 e. The Bertz CT molecular complexity index is 504. The molecule has 2 unspecified atom stereocenters. The minimum absolute atomic E-state index is 0.167. The van der Waals surface area contributed by atoms with Gasteiger partial charge in [-0.2, -0.15) is 0 Å². The van der Waals surface area contributed by atoms with E-state index in [1.54, 1.807) is 6.07 Å². The zero-order valence-corrected chi connectivity index (χ0v) is 12.0. The molecule has 1 aliphatic rings. The fourth-order valence-electron chi connectivity index (χ4n) is 2.85. The molecule has 5 heteroatoms. The van der Waals surface area contributed by atoms with E-state index < -0.39 is 0 Å². The maximum Gasteiger partial charge on any atom is 0.222 e. The molecule has 4 nitrogen and oxygen atoms in total. The Morgan fingerprint density at radius 2 is 2.15 bits per heavy atom. The van der Waals surface area contributed by atoms with Gasteiger partial charge in [0.05, 0.1) is 11.6 Å². The minimum atomic E-state index is -0.319. The van der Waals surface area contributed by atoms with Crippen molar-refractivity contribution < 1.29 is 9.18 Å². The Morgan fingerprint density at radius 3 is 2.75 bits per heavy atom. The van der Waals surface area contributed by atoms with Gasteiger partial charge < -0.3 is 16.4 Å². The second-order valence-electron chi connectivity index (χ2n) is 5.64. The smallest absolute Gasteiger partial charge is 0.222 e. The van der Waals surface area contributed by atoms with Gasteiger partial charge in [-0.25, -0.2) is 4.39 Å². The first-order chi connectivity index (χ1) is 9.41. The molecule has 4 N–H and O–H groups in total. The molecule has 1 aromatic rings. The Hall–Kier alpha value is -1.62. The quantitative estimate of drug-likeness (QED) is 0.888. The van der Waals surface area contributed by atoms with E-state index in [-0.39, 0.29) is 29.7 Å². The standard InChI is InChI=1S/C15H22FN3O/c1-9-6-7-11(15(18)20)8-19(9)14-12(10(2)17)4-3-5-13(14)16/h3-5,9-11H,6-8,17H2,1-2H3,(H2,18,20)/t9?,10-,11?/m0/s1. The molecule has 1 aromatic carbocycles. The number of nitrogens with zero attached hydrogens (tertiary/aromatic N) is 1. The molecule has 20 heavy (non-hydrogen) atoms. The van der Waals surface area contributed by atoms with E-state index in [0.717, 1.165) is 18.4 Å². The van der Waals surface area contributed by atoms with Gasteiger partial charge in [0, 0.05) is 18.6 Å². The second kappa shape index (κ2) is 5.79. The number of rotatable bonds is 3. The first kappa shape index (κ1) is 14.8. The van der Waals surface area contributed by atoms with Crippen LogP contribution in [0, 0.1) is 11.7 Å². The summed E-state index contributed by atoms with van der Waals surface area (Å²) in [6, 6.07) is 4.84. The fourth-order valence-corrected chi connectivity index (χ4v) is 2.85. The van der Waals surface area contributed by atoms with E-state index in [4.69, 9.17) is 11.5 Å². The highest BCUT2D eigenvalue weighted by Crippen LogP contribution is 2.34. The Balaban J connectivity index is 2.40. The summed E-state index contributed by atoms with van der Waals surface area (Å²) in [6.07, 6.45) is 1.58. The van der Waals surface area contributed by atoms with E-state index in [1.807, 2.05) is 24.8 Å². The van der Waals surface area contributed by atoms with Crippen molar-refractivity contribution in [1.29, 1.82) is 0 Å². The molecule has 3 atom stereocenters. The zero-order valence-electron chi connectivity index (χ0n) is 12.0. The summed E-state index contributed by atoms with van der Waals surface area (Å²) in [6.45, 7) is 4.32. The van der Waals surface area contributed by atoms with Gasteiger partial charge in [0.15, 0.2) is 0 Å². The number of piperidine rings is 1. The number of halogens is 1. The molecule has 110 valence electrons. The molecule has 1 saturated heterocycles. The van der Waals surface area contributed by atoms with Crippen molar-refractivity contribution in [3.05, 3.63) is 29.6 Å². The van der Waals surface area contributed by atoms with Gasteiger partial charge in [0.25, 0.3) is 0 Å². The van der Waals surface area contributed by atoms with Crippen LogP contribution in [-0.2, 0) is 4.79 Å². The number of hydrogen-bond acceptors (Lipinski definition) is 3. The van der Waals surface area contributed by atoms with Crippen molar-refractivity contribution in [2.75, 3.05) is 11.4 Å². The lowest BCUT2D eigenvalue weighted by Crippen LogP contribution is -2.46. The summed E-state index contributed by atoms with van der Waals surface area (Å²) in [5, 5.41) is 0. The second-order valence-corrected chi connectivity index (χ2v) is 5.64. The molecule has 1 heterocycles. The van der Waals surface area contributed by atoms with Crippen molar-refractivity contribution in [1.82, 2.24) is 0 Å². The Morgan fingerprint density at radius 1 is 1.45 bits per heavy atom. The highest BCUT2D eigenvalue weighted by atomic mass is 19.1. The van der Waals surface area contributed by atoms with Gasteiger partial charge in [-0.3, -0.25) is 4.79 Å². The highest BCUT2D eigenvalue weighted by molar-refractivity contribution is 5.78. The molecule has 0 saturated carbocycles. The van der Waals surface area contributed by atoms with Crippen LogP contribution in [0.2, 0.25) is 0 Å². The maximum atomic E-state index is 14.3. The van der Waals surface area contributed by atoms with Crippen LogP contribution in [0.5, 0.6) is 0 Å². The number of hydrogen-bond donors (Lipinski definition) is 2. The molecule has 0 aliphatic carbocycles. The number of benzene rings is 1. The van der Waals surface area contributed by atoms with Crippen LogP contribution in [0.1, 0.15) is 38.3 Å². The lowest BCUT2D eigenvalue weighted by atomic mass is 9.91. The van der Waals surface area contributed by atoms with Gasteiger partial charge >= 0.3 is 0 Å². The molecular formula is C15H22FN3O. The van der Waals surface area contributed by atoms with Crippen molar-refractivity contribution in [3.63, 3.8) is 0 Å². The number of nitrogens with two attached hydrogens (primary N) is 2. The third-order valence-corrected chi connectivity index (χ3v) is 4.08. The van der Waals surface area contributed by atoms with Gasteiger partial charge in [-0.05, 0) is 38.3 Å². The van der Waals surface area contributed by atoms with Gasteiger partial charge in [0.1, 0.15) is 5.82 Å². The topological polar surface area (TPSA) is 72.4 Å². The summed E-state index contributed by atoms with van der Waals surface area (Å²) < 4.78 is 14.3. The number of carbonyl (C=O) groups is 1. The zero-order chi connectivity index (χ0) is 14.9. The van der Waals surface area contributed by atoms with Crippen LogP contribution in [0.4, 0.5) is 10.1 Å². The largest absolute Gasteiger partial charge is 0.369 e. The van der Waals surface area contributed by atoms with Crippen LogP contribution >= 0.6 is 0 Å². The SMILES string of the molecule is CC1CCC(C(N)=O)CN1c1c(F)cccc1[C@H](C)N. The third-order valence-electron chi connectivity index (χ3n) is 4.08. The molecule has 1 amide bonds. The lowest BCUT2D eigenvalue weighted by Gasteiger charge is -2.40. The van der Waals surface area contributed by atoms with Crippen molar-refractivity contribution in [2.45, 2.75) is 38.8 Å². The van der Waals surface area contributed by atoms with Crippen LogP contribution < -0.4 is 16.4 Å². The highest BCUT2D eigenvalue weighted by Gasteiger charge is 2.31. The molecule has 1 fully saturated rings. The molecule has 0 aromatic heterocycles. The predicted molar refractivity (Wildman–Crippen MR) is 77.7 cm³/mol. The number of anilines is 1. The third kappa shape index (κ3) is 2.77. The van der Waals surface area contributed by atoms with Gasteiger partial charge in [0.2, 0.25) is 5.91 Å². The summed E-state index contributed by atoms with van der Waals surface area (Å²) in [7, 11) is 0. The first-order valence-electron chi connectivity index (χ1n) is 7.01. The number of amides is 1. The van der Waals surface area contributed by atoms with Crippen LogP contribution in [-0.4, -0.2) is 18.5 Å².